The lowest BCUT2D eigenvalue weighted by Crippen LogP contribution is -2.12. The second kappa shape index (κ2) is 9.84. The van der Waals surface area contributed by atoms with Gasteiger partial charge in [-0.1, -0.05) is 42.5 Å². The number of fused-ring (bicyclic) bond motifs is 1. The normalized spacial score (nSPS) is 12.0. The quantitative estimate of drug-likeness (QED) is 0.298. The van der Waals surface area contributed by atoms with E-state index in [9.17, 15) is 17.2 Å². The van der Waals surface area contributed by atoms with E-state index in [-0.39, 0.29) is 16.3 Å². The van der Waals surface area contributed by atoms with Crippen molar-refractivity contribution >= 4 is 26.7 Å². The van der Waals surface area contributed by atoms with Gasteiger partial charge in [0.25, 0.3) is 5.92 Å². The monoisotopic (exact) mass is 532 g/mol. The Balaban J connectivity index is 1.67. The van der Waals surface area contributed by atoms with Crippen LogP contribution in [0.25, 0.3) is 33.4 Å². The van der Waals surface area contributed by atoms with Gasteiger partial charge in [0.1, 0.15) is 10.7 Å². The molecule has 11 heteroatoms. The summed E-state index contributed by atoms with van der Waals surface area (Å²) in [7, 11) is -3.98. The van der Waals surface area contributed by atoms with E-state index < -0.39 is 15.9 Å². The topological polar surface area (TPSA) is 124 Å². The summed E-state index contributed by atoms with van der Waals surface area (Å²) in [5, 5.41) is 9.26. The van der Waals surface area contributed by atoms with Gasteiger partial charge in [-0.15, -0.1) is 0 Å². The predicted molar refractivity (Wildman–Crippen MR) is 141 cm³/mol. The van der Waals surface area contributed by atoms with Crippen LogP contribution >= 0.6 is 0 Å². The number of anilines is 1. The third kappa shape index (κ3) is 5.34. The van der Waals surface area contributed by atoms with Gasteiger partial charge in [-0.3, -0.25) is 9.97 Å². The molecule has 0 aliphatic rings. The Morgan fingerprint density at radius 3 is 2.42 bits per heavy atom. The van der Waals surface area contributed by atoms with Gasteiger partial charge in [0, 0.05) is 36.6 Å². The van der Waals surface area contributed by atoms with Crippen molar-refractivity contribution in [2.45, 2.75) is 24.3 Å². The second-order valence-electron chi connectivity index (χ2n) is 8.69. The maximum absolute atomic E-state index is 13.8. The van der Waals surface area contributed by atoms with E-state index in [2.05, 4.69) is 20.3 Å². The molecule has 3 heterocycles. The highest BCUT2D eigenvalue weighted by Gasteiger charge is 2.24. The molecule has 0 radical (unpaired) electrons. The number of rotatable bonds is 7. The first-order chi connectivity index (χ1) is 18.1. The number of aromatic nitrogens is 4. The number of sulfonamides is 1. The Morgan fingerprint density at radius 2 is 1.74 bits per heavy atom. The minimum absolute atomic E-state index is 0.0873. The number of nitrogens with one attached hydrogen (secondary N) is 1. The molecule has 0 aliphatic carbocycles. The van der Waals surface area contributed by atoms with Crippen molar-refractivity contribution in [2.75, 3.05) is 5.32 Å². The lowest BCUT2D eigenvalue weighted by atomic mass is 9.98. The lowest BCUT2D eigenvalue weighted by molar-refractivity contribution is 0.0175. The molecule has 0 saturated carbocycles. The summed E-state index contributed by atoms with van der Waals surface area (Å²) in [4.78, 5) is 17.5. The maximum atomic E-state index is 13.8. The first kappa shape index (κ1) is 25.3. The SMILES string of the molecule is CC(F)(F)c1ccc(-c2cccc3nc(-c4cncc(S(N)(=O)=O)c4)nc(NCc4ccccn4)c23)cc1. The van der Waals surface area contributed by atoms with Gasteiger partial charge < -0.3 is 5.32 Å². The van der Waals surface area contributed by atoms with Crippen LogP contribution in [0.15, 0.2) is 90.2 Å². The largest absolute Gasteiger partial charge is 0.364 e. The van der Waals surface area contributed by atoms with Crippen LogP contribution in [-0.4, -0.2) is 28.4 Å². The van der Waals surface area contributed by atoms with Crippen LogP contribution in [-0.2, 0) is 22.5 Å². The van der Waals surface area contributed by atoms with Crippen molar-refractivity contribution in [1.29, 1.82) is 0 Å². The second-order valence-corrected chi connectivity index (χ2v) is 10.3. The molecule has 0 fully saturated rings. The van der Waals surface area contributed by atoms with Gasteiger partial charge in [0.2, 0.25) is 10.0 Å². The van der Waals surface area contributed by atoms with Crippen molar-refractivity contribution in [1.82, 2.24) is 19.9 Å². The van der Waals surface area contributed by atoms with E-state index in [1.165, 1.54) is 24.4 Å². The van der Waals surface area contributed by atoms with Crippen LogP contribution in [0.5, 0.6) is 0 Å². The summed E-state index contributed by atoms with van der Waals surface area (Å²) in [6, 6.07) is 18.4. The van der Waals surface area contributed by atoms with E-state index >= 15 is 0 Å². The molecule has 3 aromatic heterocycles. The molecule has 5 aromatic rings. The van der Waals surface area contributed by atoms with Crippen molar-refractivity contribution < 1.29 is 17.2 Å². The molecule has 5 rings (SSSR count). The molecule has 0 saturated heterocycles. The molecule has 8 nitrogen and oxygen atoms in total. The van der Waals surface area contributed by atoms with Crippen LogP contribution in [0.1, 0.15) is 18.2 Å². The Bertz CT molecular complexity index is 1730. The van der Waals surface area contributed by atoms with Crippen molar-refractivity contribution in [3.05, 3.63) is 96.6 Å². The zero-order valence-electron chi connectivity index (χ0n) is 20.1. The summed E-state index contributed by atoms with van der Waals surface area (Å²) in [5.41, 5.74) is 3.04. The summed E-state index contributed by atoms with van der Waals surface area (Å²) < 4.78 is 51.3. The minimum Gasteiger partial charge on any atom is -0.364 e. The van der Waals surface area contributed by atoms with Gasteiger partial charge in [0.05, 0.1) is 23.1 Å². The van der Waals surface area contributed by atoms with Crippen LogP contribution in [0.3, 0.4) is 0 Å². The number of halogens is 2. The fourth-order valence-electron chi connectivity index (χ4n) is 4.00. The molecule has 3 N–H and O–H groups in total. The van der Waals surface area contributed by atoms with Crippen LogP contribution < -0.4 is 10.5 Å². The van der Waals surface area contributed by atoms with Gasteiger partial charge in [-0.05, 0) is 35.4 Å². The molecule has 0 unspecified atom stereocenters. The third-order valence-electron chi connectivity index (χ3n) is 5.89. The van der Waals surface area contributed by atoms with Gasteiger partial charge in [0.15, 0.2) is 5.82 Å². The zero-order chi connectivity index (χ0) is 26.9. The highest BCUT2D eigenvalue weighted by atomic mass is 32.2. The molecule has 192 valence electrons. The molecule has 0 bridgehead atoms. The Labute approximate surface area is 217 Å². The molecular weight excluding hydrogens is 510 g/mol. The molecule has 0 atom stereocenters. The Hall–Kier alpha value is -4.35. The number of hydrogen-bond donors (Lipinski definition) is 2. The van der Waals surface area contributed by atoms with Gasteiger partial charge in [-0.25, -0.2) is 32.3 Å². The first-order valence-electron chi connectivity index (χ1n) is 11.5. The van der Waals surface area contributed by atoms with E-state index in [1.54, 1.807) is 30.5 Å². The Morgan fingerprint density at radius 1 is 0.947 bits per heavy atom. The third-order valence-corrected chi connectivity index (χ3v) is 6.77. The number of primary sulfonamides is 1. The summed E-state index contributed by atoms with van der Waals surface area (Å²) in [5.74, 6) is -2.26. The number of alkyl halides is 2. The number of nitrogens with two attached hydrogens (primary N) is 1. The average Bonchev–Trinajstić information content (AvgIpc) is 2.91. The molecule has 0 amide bonds. The summed E-state index contributed by atoms with van der Waals surface area (Å²) in [6.45, 7) is 1.20. The number of hydrogen-bond acceptors (Lipinski definition) is 7. The molecular formula is C27H22F2N6O2S. The van der Waals surface area contributed by atoms with Crippen LogP contribution in [0.4, 0.5) is 14.6 Å². The number of benzene rings is 2. The van der Waals surface area contributed by atoms with Gasteiger partial charge >= 0.3 is 0 Å². The molecule has 0 aliphatic heterocycles. The van der Waals surface area contributed by atoms with Gasteiger partial charge in [-0.2, -0.15) is 0 Å². The Kier molecular flexibility index (Phi) is 6.55. The van der Waals surface area contributed by atoms with E-state index in [0.717, 1.165) is 24.4 Å². The fourth-order valence-corrected chi connectivity index (χ4v) is 4.50. The van der Waals surface area contributed by atoms with Crippen molar-refractivity contribution in [3.63, 3.8) is 0 Å². The summed E-state index contributed by atoms with van der Waals surface area (Å²) >= 11 is 0. The zero-order valence-corrected chi connectivity index (χ0v) is 21.0. The van der Waals surface area contributed by atoms with Crippen molar-refractivity contribution in [3.8, 4) is 22.5 Å². The molecule has 38 heavy (non-hydrogen) atoms. The van der Waals surface area contributed by atoms with Crippen LogP contribution in [0, 0.1) is 0 Å². The lowest BCUT2D eigenvalue weighted by Gasteiger charge is -2.15. The molecule has 2 aromatic carbocycles. The van der Waals surface area contributed by atoms with Crippen LogP contribution in [0.2, 0.25) is 0 Å². The first-order valence-corrected chi connectivity index (χ1v) is 13.1. The van der Waals surface area contributed by atoms with Crippen molar-refractivity contribution in [2.24, 2.45) is 5.14 Å². The van der Waals surface area contributed by atoms with E-state index in [0.29, 0.717) is 34.4 Å². The number of nitrogens with zero attached hydrogens (tertiary/aromatic N) is 4. The highest BCUT2D eigenvalue weighted by molar-refractivity contribution is 7.89. The minimum atomic E-state index is -3.98. The van der Waals surface area contributed by atoms with E-state index in [4.69, 9.17) is 10.1 Å². The standard InChI is InChI=1S/C27H22F2N6O2S/c1-27(28,29)19-10-8-17(9-11-19)22-6-4-7-23-24(22)26(33-15-20-5-2-3-12-32-20)35-25(34-23)18-13-21(16-31-14-18)38(30,36)37/h2-14,16H,15H2,1H3,(H2,30,36,37)(H,33,34,35). The number of pyridine rings is 2. The molecule has 0 spiro atoms. The highest BCUT2D eigenvalue weighted by Crippen LogP contribution is 2.36. The fraction of sp³-hybridized carbons (Fsp3) is 0.111. The predicted octanol–water partition coefficient (Wildman–Crippen LogP) is 5.13. The summed E-state index contributed by atoms with van der Waals surface area (Å²) in [6.07, 6.45) is 4.29. The smallest absolute Gasteiger partial charge is 0.270 e. The maximum Gasteiger partial charge on any atom is 0.270 e. The average molecular weight is 533 g/mol. The van der Waals surface area contributed by atoms with E-state index in [1.807, 2.05) is 24.3 Å².